The van der Waals surface area contributed by atoms with Gasteiger partial charge in [0.25, 0.3) is 10.2 Å². The van der Waals surface area contributed by atoms with E-state index < -0.39 is 10.2 Å². The SMILES string of the molecule is Cc1ccc(C)c(NC(=O)[C@@H](C)N2CCN(S(=O)(=O)N3CCCC3)CC2)c1. The van der Waals surface area contributed by atoms with Gasteiger partial charge >= 0.3 is 0 Å². The lowest BCUT2D eigenvalue weighted by molar-refractivity contribution is -0.121. The van der Waals surface area contributed by atoms with Crippen molar-refractivity contribution in [1.29, 1.82) is 0 Å². The molecule has 1 amide bonds. The standard InChI is InChI=1S/C19H30N4O3S/c1-15-6-7-16(2)18(14-15)20-19(24)17(3)21-10-12-23(13-11-21)27(25,26)22-8-4-5-9-22/h6-7,14,17H,4-5,8-13H2,1-3H3,(H,20,24)/t17-/m1/s1. The van der Waals surface area contributed by atoms with Gasteiger partial charge in [-0.2, -0.15) is 17.0 Å². The second kappa shape index (κ2) is 8.26. The van der Waals surface area contributed by atoms with Crippen LogP contribution in [0.5, 0.6) is 0 Å². The molecule has 0 aromatic heterocycles. The van der Waals surface area contributed by atoms with Gasteiger partial charge in [-0.15, -0.1) is 0 Å². The van der Waals surface area contributed by atoms with E-state index in [-0.39, 0.29) is 11.9 Å². The van der Waals surface area contributed by atoms with Gasteiger partial charge in [0, 0.05) is 45.0 Å². The number of hydrogen-bond donors (Lipinski definition) is 1. The second-order valence-electron chi connectivity index (χ2n) is 7.53. The molecule has 0 radical (unpaired) electrons. The molecule has 1 N–H and O–H groups in total. The topological polar surface area (TPSA) is 73.0 Å². The number of carbonyl (C=O) groups is 1. The first-order valence-corrected chi connectivity index (χ1v) is 11.1. The first kappa shape index (κ1) is 20.3. The van der Waals surface area contributed by atoms with Crippen molar-refractivity contribution in [3.05, 3.63) is 29.3 Å². The summed E-state index contributed by atoms with van der Waals surface area (Å²) in [5, 5.41) is 3.01. The summed E-state index contributed by atoms with van der Waals surface area (Å²) in [4.78, 5) is 14.7. The second-order valence-corrected chi connectivity index (χ2v) is 9.46. The van der Waals surface area contributed by atoms with Crippen molar-refractivity contribution in [2.75, 3.05) is 44.6 Å². The van der Waals surface area contributed by atoms with Gasteiger partial charge in [0.1, 0.15) is 0 Å². The van der Waals surface area contributed by atoms with Crippen LogP contribution < -0.4 is 5.32 Å². The van der Waals surface area contributed by atoms with Crippen LogP contribution in [0.15, 0.2) is 18.2 Å². The molecule has 8 heteroatoms. The summed E-state index contributed by atoms with van der Waals surface area (Å²) in [5.74, 6) is -0.0560. The van der Waals surface area contributed by atoms with Crippen molar-refractivity contribution >= 4 is 21.8 Å². The predicted octanol–water partition coefficient (Wildman–Crippen LogP) is 1.59. The summed E-state index contributed by atoms with van der Waals surface area (Å²) in [7, 11) is -3.35. The summed E-state index contributed by atoms with van der Waals surface area (Å²) < 4.78 is 28.5. The zero-order valence-corrected chi connectivity index (χ0v) is 17.3. The fourth-order valence-corrected chi connectivity index (χ4v) is 5.35. The van der Waals surface area contributed by atoms with Crippen LogP contribution in [0.4, 0.5) is 5.69 Å². The van der Waals surface area contributed by atoms with Gasteiger partial charge in [-0.05, 0) is 50.8 Å². The number of rotatable bonds is 5. The average molecular weight is 395 g/mol. The van der Waals surface area contributed by atoms with E-state index in [9.17, 15) is 13.2 Å². The van der Waals surface area contributed by atoms with Gasteiger partial charge in [-0.25, -0.2) is 0 Å². The molecular formula is C19H30N4O3S. The van der Waals surface area contributed by atoms with Gasteiger partial charge in [-0.1, -0.05) is 12.1 Å². The summed E-state index contributed by atoms with van der Waals surface area (Å²) >= 11 is 0. The molecule has 2 saturated heterocycles. The smallest absolute Gasteiger partial charge is 0.282 e. The van der Waals surface area contributed by atoms with Crippen LogP contribution in [-0.4, -0.2) is 73.1 Å². The van der Waals surface area contributed by atoms with Crippen LogP contribution >= 0.6 is 0 Å². The maximum absolute atomic E-state index is 12.7. The van der Waals surface area contributed by atoms with Gasteiger partial charge in [0.2, 0.25) is 5.91 Å². The number of nitrogens with zero attached hydrogens (tertiary/aromatic N) is 3. The number of nitrogens with one attached hydrogen (secondary N) is 1. The van der Waals surface area contributed by atoms with E-state index in [4.69, 9.17) is 0 Å². The minimum absolute atomic E-state index is 0.0560. The van der Waals surface area contributed by atoms with Crippen molar-refractivity contribution in [2.24, 2.45) is 0 Å². The molecular weight excluding hydrogens is 364 g/mol. The zero-order valence-electron chi connectivity index (χ0n) is 16.4. The number of amides is 1. The summed E-state index contributed by atoms with van der Waals surface area (Å²) in [6.07, 6.45) is 1.88. The quantitative estimate of drug-likeness (QED) is 0.823. The number of hydrogen-bond acceptors (Lipinski definition) is 4. The molecule has 2 aliphatic rings. The van der Waals surface area contributed by atoms with E-state index >= 15 is 0 Å². The highest BCUT2D eigenvalue weighted by atomic mass is 32.2. The first-order valence-electron chi connectivity index (χ1n) is 9.66. The van der Waals surface area contributed by atoms with E-state index in [1.807, 2.05) is 39.0 Å². The minimum Gasteiger partial charge on any atom is -0.324 e. The van der Waals surface area contributed by atoms with E-state index in [2.05, 4.69) is 10.2 Å². The maximum Gasteiger partial charge on any atom is 0.282 e. The van der Waals surface area contributed by atoms with E-state index in [0.29, 0.717) is 39.3 Å². The monoisotopic (exact) mass is 394 g/mol. The largest absolute Gasteiger partial charge is 0.324 e. The molecule has 27 heavy (non-hydrogen) atoms. The van der Waals surface area contributed by atoms with E-state index in [1.165, 1.54) is 0 Å². The van der Waals surface area contributed by atoms with Crippen LogP contribution in [0, 0.1) is 13.8 Å². The van der Waals surface area contributed by atoms with Crippen molar-refractivity contribution in [1.82, 2.24) is 13.5 Å². The number of benzene rings is 1. The van der Waals surface area contributed by atoms with Gasteiger partial charge in [0.05, 0.1) is 6.04 Å². The third kappa shape index (κ3) is 4.51. The Morgan fingerprint density at radius 3 is 2.22 bits per heavy atom. The van der Waals surface area contributed by atoms with Crippen LogP contribution in [0.3, 0.4) is 0 Å². The summed E-state index contributed by atoms with van der Waals surface area (Å²) in [6, 6.07) is 5.69. The van der Waals surface area contributed by atoms with Gasteiger partial charge < -0.3 is 5.32 Å². The molecule has 7 nitrogen and oxygen atoms in total. The van der Waals surface area contributed by atoms with E-state index in [1.54, 1.807) is 8.61 Å². The normalized spacial score (nSPS) is 21.3. The molecule has 2 heterocycles. The lowest BCUT2D eigenvalue weighted by Crippen LogP contribution is -2.56. The Morgan fingerprint density at radius 1 is 1.00 bits per heavy atom. The molecule has 1 aromatic rings. The molecule has 0 aliphatic carbocycles. The molecule has 0 spiro atoms. The molecule has 1 aromatic carbocycles. The highest BCUT2D eigenvalue weighted by molar-refractivity contribution is 7.86. The molecule has 2 aliphatic heterocycles. The number of aryl methyl sites for hydroxylation is 2. The Morgan fingerprint density at radius 2 is 1.59 bits per heavy atom. The molecule has 2 fully saturated rings. The Hall–Kier alpha value is -1.48. The maximum atomic E-state index is 12.7. The first-order chi connectivity index (χ1) is 12.8. The van der Waals surface area contributed by atoms with Crippen molar-refractivity contribution < 1.29 is 13.2 Å². The number of piperazine rings is 1. The van der Waals surface area contributed by atoms with Crippen LogP contribution in [-0.2, 0) is 15.0 Å². The van der Waals surface area contributed by atoms with Gasteiger partial charge in [-0.3, -0.25) is 9.69 Å². The molecule has 0 saturated carbocycles. The third-order valence-electron chi connectivity index (χ3n) is 5.57. The van der Waals surface area contributed by atoms with E-state index in [0.717, 1.165) is 29.7 Å². The summed E-state index contributed by atoms with van der Waals surface area (Å²) in [6.45, 7) is 9.09. The lowest BCUT2D eigenvalue weighted by atomic mass is 10.1. The van der Waals surface area contributed by atoms with Crippen LogP contribution in [0.25, 0.3) is 0 Å². The Labute approximate surface area is 162 Å². The highest BCUT2D eigenvalue weighted by Crippen LogP contribution is 2.20. The molecule has 0 bridgehead atoms. The Balaban J connectivity index is 1.57. The average Bonchev–Trinajstić information content (AvgIpc) is 3.20. The predicted molar refractivity (Wildman–Crippen MR) is 107 cm³/mol. The number of anilines is 1. The third-order valence-corrected chi connectivity index (χ3v) is 7.60. The number of carbonyl (C=O) groups excluding carboxylic acids is 1. The van der Waals surface area contributed by atoms with Gasteiger partial charge in [0.15, 0.2) is 0 Å². The Bertz CT molecular complexity index is 782. The van der Waals surface area contributed by atoms with Crippen molar-refractivity contribution in [3.63, 3.8) is 0 Å². The molecule has 1 atom stereocenters. The van der Waals surface area contributed by atoms with Crippen LogP contribution in [0.2, 0.25) is 0 Å². The minimum atomic E-state index is -3.35. The Kier molecular flexibility index (Phi) is 6.20. The van der Waals surface area contributed by atoms with Crippen LogP contribution in [0.1, 0.15) is 30.9 Å². The van der Waals surface area contributed by atoms with Crippen molar-refractivity contribution in [2.45, 2.75) is 39.7 Å². The molecule has 0 unspecified atom stereocenters. The zero-order chi connectivity index (χ0) is 19.6. The molecule has 3 rings (SSSR count). The summed E-state index contributed by atoms with van der Waals surface area (Å²) in [5.41, 5.74) is 2.97. The highest BCUT2D eigenvalue weighted by Gasteiger charge is 2.35. The van der Waals surface area contributed by atoms with Crippen molar-refractivity contribution in [3.8, 4) is 0 Å². The fraction of sp³-hybridized carbons (Fsp3) is 0.632. The lowest BCUT2D eigenvalue weighted by Gasteiger charge is -2.38. The molecule has 150 valence electrons. The fourth-order valence-electron chi connectivity index (χ4n) is 3.68.